The fourth-order valence-electron chi connectivity index (χ4n) is 3.92. The smallest absolute Gasteiger partial charge is 0.394 e. The molecule has 1 N–H and O–H groups in total. The average molecular weight is 356 g/mol. The zero-order chi connectivity index (χ0) is 18.4. The number of carbonyl (C=O) groups is 2. The molecule has 0 aliphatic carbocycles. The van der Waals surface area contributed by atoms with Gasteiger partial charge in [-0.1, -0.05) is 25.1 Å². The number of anilines is 1. The summed E-state index contributed by atoms with van der Waals surface area (Å²) in [4.78, 5) is 27.0. The van der Waals surface area contributed by atoms with Crippen molar-refractivity contribution in [2.75, 3.05) is 18.1 Å². The number of alkyl halides is 3. The van der Waals surface area contributed by atoms with Crippen LogP contribution in [0.1, 0.15) is 31.2 Å². The quantitative estimate of drug-likeness (QED) is 0.902. The molecule has 1 aromatic rings. The Morgan fingerprint density at radius 1 is 1.24 bits per heavy atom. The van der Waals surface area contributed by atoms with Crippen molar-refractivity contribution in [3.05, 3.63) is 29.8 Å². The molecule has 136 valence electrons. The summed E-state index contributed by atoms with van der Waals surface area (Å²) in [6.07, 6.45) is -5.89. The van der Waals surface area contributed by atoms with Gasteiger partial charge in [0.05, 0.1) is 18.7 Å². The molecule has 5 nitrogen and oxygen atoms in total. The molecule has 3 atom stereocenters. The third-order valence-corrected chi connectivity index (χ3v) is 4.93. The summed E-state index contributed by atoms with van der Waals surface area (Å²) < 4.78 is 38.0. The van der Waals surface area contributed by atoms with Crippen LogP contribution in [0.3, 0.4) is 0 Å². The first-order valence-corrected chi connectivity index (χ1v) is 8.16. The van der Waals surface area contributed by atoms with Crippen molar-refractivity contribution in [1.82, 2.24) is 4.90 Å². The van der Waals surface area contributed by atoms with Gasteiger partial charge in [-0.3, -0.25) is 9.59 Å². The zero-order valence-electron chi connectivity index (χ0n) is 13.7. The largest absolute Gasteiger partial charge is 0.397 e. The first-order chi connectivity index (χ1) is 11.8. The van der Waals surface area contributed by atoms with Gasteiger partial charge in [-0.25, -0.2) is 0 Å². The summed E-state index contributed by atoms with van der Waals surface area (Å²) >= 11 is 0. The van der Waals surface area contributed by atoms with Crippen LogP contribution < -0.4 is 4.90 Å². The van der Waals surface area contributed by atoms with Crippen LogP contribution in [0.25, 0.3) is 0 Å². The van der Waals surface area contributed by atoms with Gasteiger partial charge < -0.3 is 14.9 Å². The molecular formula is C17H19F3N2O3. The van der Waals surface area contributed by atoms with Crippen LogP contribution in [0.5, 0.6) is 0 Å². The maximum Gasteiger partial charge on any atom is 0.397 e. The van der Waals surface area contributed by atoms with Crippen molar-refractivity contribution < 1.29 is 27.9 Å². The molecule has 8 heteroatoms. The number of aliphatic hydroxyl groups excluding tert-OH is 1. The van der Waals surface area contributed by atoms with Gasteiger partial charge in [0.25, 0.3) is 0 Å². The van der Waals surface area contributed by atoms with Crippen molar-refractivity contribution in [3.8, 4) is 0 Å². The third kappa shape index (κ3) is 2.99. The first-order valence-electron chi connectivity index (χ1n) is 8.16. The van der Waals surface area contributed by atoms with Gasteiger partial charge in [0.1, 0.15) is 6.42 Å². The lowest BCUT2D eigenvalue weighted by molar-refractivity contribution is -0.156. The summed E-state index contributed by atoms with van der Waals surface area (Å²) in [5, 5.41) is 9.67. The number of benzene rings is 1. The molecule has 0 radical (unpaired) electrons. The minimum atomic E-state index is -4.59. The number of hydrogen-bond acceptors (Lipinski definition) is 3. The van der Waals surface area contributed by atoms with Crippen molar-refractivity contribution in [2.24, 2.45) is 0 Å². The number of aliphatic hydroxyl groups is 1. The van der Waals surface area contributed by atoms with E-state index in [9.17, 15) is 27.9 Å². The van der Waals surface area contributed by atoms with E-state index < -0.39 is 30.6 Å². The lowest BCUT2D eigenvalue weighted by atomic mass is 9.71. The molecule has 0 saturated carbocycles. The van der Waals surface area contributed by atoms with Crippen LogP contribution >= 0.6 is 0 Å². The van der Waals surface area contributed by atoms with Gasteiger partial charge in [0.15, 0.2) is 0 Å². The minimum absolute atomic E-state index is 0.0127. The van der Waals surface area contributed by atoms with Crippen LogP contribution in [-0.2, 0) is 9.59 Å². The van der Waals surface area contributed by atoms with Crippen LogP contribution in [0.15, 0.2) is 24.3 Å². The number of halogens is 3. The Balaban J connectivity index is 1.96. The highest BCUT2D eigenvalue weighted by Gasteiger charge is 2.55. The maximum atomic E-state index is 12.7. The molecule has 3 rings (SSSR count). The predicted molar refractivity (Wildman–Crippen MR) is 84.0 cm³/mol. The number of para-hydroxylation sites is 1. The van der Waals surface area contributed by atoms with E-state index in [1.807, 2.05) is 0 Å². The topological polar surface area (TPSA) is 60.9 Å². The van der Waals surface area contributed by atoms with Crippen LogP contribution in [-0.4, -0.2) is 53.2 Å². The highest BCUT2D eigenvalue weighted by atomic mass is 19.4. The Kier molecular flexibility index (Phi) is 4.49. The van der Waals surface area contributed by atoms with Crippen LogP contribution in [0.2, 0.25) is 0 Å². The number of rotatable bonds is 3. The molecule has 1 fully saturated rings. The van der Waals surface area contributed by atoms with E-state index in [-0.39, 0.29) is 31.4 Å². The van der Waals surface area contributed by atoms with E-state index in [0.717, 1.165) is 4.90 Å². The fourth-order valence-corrected chi connectivity index (χ4v) is 3.92. The molecule has 2 aliphatic rings. The molecule has 0 spiro atoms. The van der Waals surface area contributed by atoms with E-state index in [1.54, 1.807) is 31.2 Å². The molecule has 0 unspecified atom stereocenters. The lowest BCUT2D eigenvalue weighted by Gasteiger charge is -2.59. The standard InChI is InChI=1S/C17H19F3N2O3/c1-2-14(24)22-12-8-21(15(25)7-17(18,19)20)11-6-4-3-5-10(11)16(12)13(22)9-23/h3-6,12-13,16,23H,2,7-9H2,1H3/t12-,13+,16+/m0/s1. The normalized spacial score (nSPS) is 25.1. The van der Waals surface area contributed by atoms with E-state index >= 15 is 0 Å². The van der Waals surface area contributed by atoms with Gasteiger partial charge in [-0.15, -0.1) is 0 Å². The molecule has 2 heterocycles. The number of carbonyl (C=O) groups excluding carboxylic acids is 2. The Hall–Kier alpha value is -2.09. The molecule has 0 bridgehead atoms. The molecular weight excluding hydrogens is 337 g/mol. The summed E-state index contributed by atoms with van der Waals surface area (Å²) in [5.74, 6) is -1.38. The highest BCUT2D eigenvalue weighted by molar-refractivity contribution is 5.96. The Morgan fingerprint density at radius 2 is 1.92 bits per heavy atom. The fraction of sp³-hybridized carbons (Fsp3) is 0.529. The van der Waals surface area contributed by atoms with E-state index in [4.69, 9.17) is 0 Å². The van der Waals surface area contributed by atoms with Crippen LogP contribution in [0, 0.1) is 0 Å². The summed E-state index contributed by atoms with van der Waals surface area (Å²) in [7, 11) is 0. The van der Waals surface area contributed by atoms with E-state index in [2.05, 4.69) is 0 Å². The maximum absolute atomic E-state index is 12.7. The third-order valence-electron chi connectivity index (χ3n) is 4.93. The summed E-state index contributed by atoms with van der Waals surface area (Å²) in [5.41, 5.74) is 1.13. The molecule has 0 aromatic heterocycles. The number of amides is 2. The predicted octanol–water partition coefficient (Wildman–Crippen LogP) is 2.05. The van der Waals surface area contributed by atoms with Gasteiger partial charge in [0.2, 0.25) is 11.8 Å². The van der Waals surface area contributed by atoms with Crippen molar-refractivity contribution in [3.63, 3.8) is 0 Å². The Labute approximate surface area is 143 Å². The van der Waals surface area contributed by atoms with E-state index in [1.165, 1.54) is 4.90 Å². The second kappa shape index (κ2) is 6.33. The lowest BCUT2D eigenvalue weighted by Crippen LogP contribution is -2.70. The second-order valence-electron chi connectivity index (χ2n) is 6.35. The second-order valence-corrected chi connectivity index (χ2v) is 6.35. The monoisotopic (exact) mass is 356 g/mol. The van der Waals surface area contributed by atoms with Crippen LogP contribution in [0.4, 0.5) is 18.9 Å². The SMILES string of the molecule is CCC(=O)N1[C@H](CO)[C@@H]2c3ccccc3N(C(=O)CC(F)(F)F)C[C@@H]21. The van der Waals surface area contributed by atoms with E-state index in [0.29, 0.717) is 11.3 Å². The Bertz CT molecular complexity index is 692. The Morgan fingerprint density at radius 3 is 2.52 bits per heavy atom. The van der Waals surface area contributed by atoms with Crippen molar-refractivity contribution in [2.45, 2.75) is 43.9 Å². The van der Waals surface area contributed by atoms with Gasteiger partial charge >= 0.3 is 6.18 Å². The number of likely N-dealkylation sites (tertiary alicyclic amines) is 1. The number of hydrogen-bond donors (Lipinski definition) is 1. The molecule has 2 aliphatic heterocycles. The summed E-state index contributed by atoms with van der Waals surface area (Å²) in [6.45, 7) is 1.48. The molecule has 1 aromatic carbocycles. The van der Waals surface area contributed by atoms with Crippen molar-refractivity contribution >= 4 is 17.5 Å². The highest BCUT2D eigenvalue weighted by Crippen LogP contribution is 2.48. The van der Waals surface area contributed by atoms with Gasteiger partial charge in [-0.05, 0) is 11.6 Å². The zero-order valence-corrected chi connectivity index (χ0v) is 13.7. The van der Waals surface area contributed by atoms with Gasteiger partial charge in [-0.2, -0.15) is 13.2 Å². The van der Waals surface area contributed by atoms with Crippen molar-refractivity contribution in [1.29, 1.82) is 0 Å². The molecule has 25 heavy (non-hydrogen) atoms. The molecule has 2 amide bonds. The number of fused-ring (bicyclic) bond motifs is 3. The number of nitrogens with zero attached hydrogens (tertiary/aromatic N) is 2. The first kappa shape index (κ1) is 17.7. The van der Waals surface area contributed by atoms with Gasteiger partial charge in [0, 0.05) is 24.6 Å². The average Bonchev–Trinajstić information content (AvgIpc) is 2.53. The minimum Gasteiger partial charge on any atom is -0.394 e. The molecule has 1 saturated heterocycles. The summed E-state index contributed by atoms with van der Waals surface area (Å²) in [6, 6.07) is 5.95.